The van der Waals surface area contributed by atoms with E-state index >= 15 is 0 Å². The Bertz CT molecular complexity index is 1450. The number of rotatable bonds is 5. The molecule has 4 aromatic rings. The van der Waals surface area contributed by atoms with E-state index < -0.39 is 0 Å². The number of para-hydroxylation sites is 2. The number of allylic oxidation sites excluding steroid dienone is 2. The van der Waals surface area contributed by atoms with E-state index in [4.69, 9.17) is 0 Å². The van der Waals surface area contributed by atoms with Gasteiger partial charge in [-0.3, -0.25) is 0 Å². The summed E-state index contributed by atoms with van der Waals surface area (Å²) in [4.78, 5) is 4.75. The fourth-order valence-electron chi connectivity index (χ4n) is 5.75. The second kappa shape index (κ2) is 8.87. The van der Waals surface area contributed by atoms with Crippen LogP contribution < -0.4 is 9.80 Å². The van der Waals surface area contributed by atoms with E-state index in [0.717, 1.165) is 6.42 Å². The third-order valence-corrected chi connectivity index (χ3v) is 7.78. The first-order valence-corrected chi connectivity index (χ1v) is 12.8. The second-order valence-corrected chi connectivity index (χ2v) is 10.3. The lowest BCUT2D eigenvalue weighted by Crippen LogP contribution is -2.30. The highest BCUT2D eigenvalue weighted by atomic mass is 15.2. The van der Waals surface area contributed by atoms with Crippen LogP contribution in [0.4, 0.5) is 22.7 Å². The zero-order valence-corrected chi connectivity index (χ0v) is 21.2. The number of nitrogens with zero attached hydrogens (tertiary/aromatic N) is 2. The Hall–Kier alpha value is -4.04. The summed E-state index contributed by atoms with van der Waals surface area (Å²) < 4.78 is 0. The minimum atomic E-state index is -0.0844. The van der Waals surface area contributed by atoms with Gasteiger partial charge in [-0.05, 0) is 77.2 Å². The van der Waals surface area contributed by atoms with E-state index in [1.165, 1.54) is 45.0 Å². The Labute approximate surface area is 214 Å². The standard InChI is InChI=1S/C34H32N2/c1-34(2)32-23-28(35(3)25-13-7-4-8-14-25)19-21-30(32)31-22-20-29(24-33(31)34)36(26-15-9-5-10-16-26)27-17-11-6-12-18-27/h4-17,19-24,27H,18H2,1-3H3. The molecule has 0 aromatic heterocycles. The van der Waals surface area contributed by atoms with Crippen LogP contribution >= 0.6 is 0 Å². The van der Waals surface area contributed by atoms with Crippen molar-refractivity contribution in [3.05, 3.63) is 132 Å². The van der Waals surface area contributed by atoms with Crippen LogP contribution in [0.3, 0.4) is 0 Å². The first-order valence-electron chi connectivity index (χ1n) is 12.8. The largest absolute Gasteiger partial charge is 0.345 e. The number of hydrogen-bond acceptors (Lipinski definition) is 2. The van der Waals surface area contributed by atoms with Crippen LogP contribution in [0.25, 0.3) is 11.1 Å². The van der Waals surface area contributed by atoms with Crippen LogP contribution in [0, 0.1) is 0 Å². The quantitative estimate of drug-likeness (QED) is 0.289. The van der Waals surface area contributed by atoms with Gasteiger partial charge in [0.1, 0.15) is 0 Å². The molecule has 0 saturated carbocycles. The van der Waals surface area contributed by atoms with E-state index in [9.17, 15) is 0 Å². The summed E-state index contributed by atoms with van der Waals surface area (Å²) in [6, 6.07) is 35.6. The average Bonchev–Trinajstić information content (AvgIpc) is 3.16. The van der Waals surface area contributed by atoms with Gasteiger partial charge in [0.05, 0.1) is 6.04 Å². The Kier molecular flexibility index (Phi) is 5.53. The van der Waals surface area contributed by atoms with Crippen molar-refractivity contribution >= 4 is 22.7 Å². The maximum Gasteiger partial charge on any atom is 0.0559 e. The number of hydrogen-bond donors (Lipinski definition) is 0. The zero-order chi connectivity index (χ0) is 24.7. The number of anilines is 4. The minimum absolute atomic E-state index is 0.0844. The van der Waals surface area contributed by atoms with E-state index in [1.807, 2.05) is 0 Å². The van der Waals surface area contributed by atoms with Gasteiger partial charge in [-0.1, -0.05) is 86.7 Å². The fraction of sp³-hybridized carbons (Fsp3) is 0.176. The molecule has 0 fully saturated rings. The molecule has 2 heteroatoms. The smallest absolute Gasteiger partial charge is 0.0559 e. The summed E-state index contributed by atoms with van der Waals surface area (Å²) >= 11 is 0. The predicted octanol–water partition coefficient (Wildman–Crippen LogP) is 8.78. The summed E-state index contributed by atoms with van der Waals surface area (Å²) in [6.07, 6.45) is 9.89. The SMILES string of the molecule is CN(c1ccccc1)c1ccc2c(c1)C(C)(C)c1cc(N(c3ccccc3)C3C=CC=CC3)ccc1-2. The topological polar surface area (TPSA) is 6.48 Å². The molecule has 0 amide bonds. The molecule has 2 nitrogen and oxygen atoms in total. The van der Waals surface area contributed by atoms with Crippen LogP contribution in [0.2, 0.25) is 0 Å². The van der Waals surface area contributed by atoms with Gasteiger partial charge in [-0.2, -0.15) is 0 Å². The van der Waals surface area contributed by atoms with Crippen molar-refractivity contribution in [2.24, 2.45) is 0 Å². The Morgan fingerprint density at radius 1 is 0.639 bits per heavy atom. The zero-order valence-electron chi connectivity index (χ0n) is 21.2. The number of benzene rings is 4. The summed E-state index contributed by atoms with van der Waals surface area (Å²) in [7, 11) is 2.15. The molecule has 0 saturated heterocycles. The van der Waals surface area contributed by atoms with Gasteiger partial charge in [0.25, 0.3) is 0 Å². The highest BCUT2D eigenvalue weighted by Crippen LogP contribution is 2.51. The normalized spacial score (nSPS) is 16.9. The van der Waals surface area contributed by atoms with Gasteiger partial charge in [0, 0.05) is 35.2 Å². The average molecular weight is 469 g/mol. The van der Waals surface area contributed by atoms with Gasteiger partial charge in [0.15, 0.2) is 0 Å². The van der Waals surface area contributed by atoms with Crippen molar-refractivity contribution in [2.45, 2.75) is 31.7 Å². The minimum Gasteiger partial charge on any atom is -0.345 e. The molecular weight excluding hydrogens is 436 g/mol. The molecule has 0 heterocycles. The molecule has 4 aromatic carbocycles. The maximum atomic E-state index is 2.48. The molecule has 178 valence electrons. The maximum absolute atomic E-state index is 2.48. The lowest BCUT2D eigenvalue weighted by atomic mass is 9.82. The molecule has 2 aliphatic rings. The third-order valence-electron chi connectivity index (χ3n) is 7.78. The van der Waals surface area contributed by atoms with Gasteiger partial charge in [-0.15, -0.1) is 0 Å². The summed E-state index contributed by atoms with van der Waals surface area (Å²) in [5, 5.41) is 0. The van der Waals surface area contributed by atoms with E-state index in [1.54, 1.807) is 0 Å². The van der Waals surface area contributed by atoms with Crippen molar-refractivity contribution in [1.82, 2.24) is 0 Å². The molecule has 0 spiro atoms. The lowest BCUT2D eigenvalue weighted by molar-refractivity contribution is 0.659. The summed E-state index contributed by atoms with van der Waals surface area (Å²) in [6.45, 7) is 4.73. The first-order chi connectivity index (χ1) is 17.5. The van der Waals surface area contributed by atoms with Crippen LogP contribution in [0.1, 0.15) is 31.4 Å². The van der Waals surface area contributed by atoms with Crippen molar-refractivity contribution in [2.75, 3.05) is 16.8 Å². The van der Waals surface area contributed by atoms with Crippen molar-refractivity contribution in [3.8, 4) is 11.1 Å². The second-order valence-electron chi connectivity index (χ2n) is 10.3. The van der Waals surface area contributed by atoms with Crippen LogP contribution in [0.5, 0.6) is 0 Å². The number of fused-ring (bicyclic) bond motifs is 3. The Morgan fingerprint density at radius 2 is 1.22 bits per heavy atom. The fourth-order valence-corrected chi connectivity index (χ4v) is 5.75. The van der Waals surface area contributed by atoms with Crippen molar-refractivity contribution in [1.29, 1.82) is 0 Å². The molecule has 2 aliphatic carbocycles. The molecule has 6 rings (SSSR count). The van der Waals surface area contributed by atoms with E-state index in [0.29, 0.717) is 6.04 Å². The molecule has 0 aliphatic heterocycles. The van der Waals surface area contributed by atoms with Gasteiger partial charge in [-0.25, -0.2) is 0 Å². The molecule has 0 bridgehead atoms. The predicted molar refractivity (Wildman–Crippen MR) is 154 cm³/mol. The Balaban J connectivity index is 1.42. The highest BCUT2D eigenvalue weighted by molar-refractivity contribution is 5.85. The first kappa shape index (κ1) is 22.4. The van der Waals surface area contributed by atoms with Crippen molar-refractivity contribution in [3.63, 3.8) is 0 Å². The molecule has 1 atom stereocenters. The molecule has 0 N–H and O–H groups in total. The third kappa shape index (κ3) is 3.74. The lowest BCUT2D eigenvalue weighted by Gasteiger charge is -2.33. The molecule has 36 heavy (non-hydrogen) atoms. The van der Waals surface area contributed by atoms with E-state index in [2.05, 4.69) is 152 Å². The van der Waals surface area contributed by atoms with Crippen LogP contribution in [-0.4, -0.2) is 13.1 Å². The summed E-state index contributed by atoms with van der Waals surface area (Å²) in [5.74, 6) is 0. The molecule has 1 unspecified atom stereocenters. The molecule has 0 radical (unpaired) electrons. The van der Waals surface area contributed by atoms with Gasteiger partial charge >= 0.3 is 0 Å². The monoisotopic (exact) mass is 468 g/mol. The molecular formula is C34H32N2. The van der Waals surface area contributed by atoms with Crippen LogP contribution in [0.15, 0.2) is 121 Å². The van der Waals surface area contributed by atoms with Gasteiger partial charge < -0.3 is 9.80 Å². The highest BCUT2D eigenvalue weighted by Gasteiger charge is 2.36. The summed E-state index contributed by atoms with van der Waals surface area (Å²) in [5.41, 5.74) is 10.3. The van der Waals surface area contributed by atoms with Crippen LogP contribution in [-0.2, 0) is 5.41 Å². The van der Waals surface area contributed by atoms with E-state index in [-0.39, 0.29) is 5.41 Å². The van der Waals surface area contributed by atoms with Gasteiger partial charge in [0.2, 0.25) is 0 Å². The van der Waals surface area contributed by atoms with Crippen molar-refractivity contribution < 1.29 is 0 Å². The Morgan fingerprint density at radius 3 is 1.83 bits per heavy atom.